The molecule has 0 unspecified atom stereocenters. The normalized spacial score (nSPS) is 27.2. The molecule has 5 aliphatic rings. The molecule has 2 aromatic carbocycles. The van der Waals surface area contributed by atoms with Gasteiger partial charge in [-0.2, -0.15) is 5.10 Å². The first-order valence-corrected chi connectivity index (χ1v) is 16.3. The summed E-state index contributed by atoms with van der Waals surface area (Å²) in [5.74, 6) is 2.05. The zero-order valence-electron chi connectivity index (χ0n) is 24.3. The number of thiocarbonyl (C=S) groups is 1. The lowest BCUT2D eigenvalue weighted by Gasteiger charge is -2.56. The highest BCUT2D eigenvalue weighted by Crippen LogP contribution is 2.61. The molecule has 0 atom stereocenters. The van der Waals surface area contributed by atoms with Gasteiger partial charge in [0.25, 0.3) is 11.5 Å². The summed E-state index contributed by atoms with van der Waals surface area (Å²) in [6.45, 7) is 1.85. The summed E-state index contributed by atoms with van der Waals surface area (Å²) in [5.41, 5.74) is 4.60. The Labute approximate surface area is 260 Å². The van der Waals surface area contributed by atoms with Gasteiger partial charge in [-0.3, -0.25) is 19.2 Å². The number of aromatic nitrogens is 4. The van der Waals surface area contributed by atoms with Crippen molar-refractivity contribution in [3.05, 3.63) is 99.1 Å². The molecule has 218 valence electrons. The number of benzene rings is 2. The van der Waals surface area contributed by atoms with Crippen LogP contribution in [0.2, 0.25) is 0 Å². The van der Waals surface area contributed by atoms with Gasteiger partial charge in [0.15, 0.2) is 4.32 Å². The van der Waals surface area contributed by atoms with Crippen molar-refractivity contribution in [1.82, 2.24) is 19.1 Å². The van der Waals surface area contributed by atoms with Crippen LogP contribution in [0.4, 0.5) is 5.69 Å². The van der Waals surface area contributed by atoms with E-state index in [0.717, 1.165) is 40.4 Å². The molecular weight excluding hydrogens is 575 g/mol. The van der Waals surface area contributed by atoms with Gasteiger partial charge in [-0.25, -0.2) is 9.36 Å². The molecule has 9 rings (SSSR count). The second-order valence-corrected chi connectivity index (χ2v) is 14.5. The summed E-state index contributed by atoms with van der Waals surface area (Å²) in [6.07, 6.45) is 11.6. The standard InChI is InChI=1S/C34H33N5O2S2/c1-21-29(32(41)39(36(21)2)27-11-7-4-8-12-27)38-31(40)28(43-33(38)42)16-25-20-37(26-9-5-3-6-10-26)35-30(25)34-17-22-13-23(18-34)15-24(14-22)19-34/h3-12,16,20,22-24H,13-15,17-19H2,1-2H3. The molecule has 7 nitrogen and oxygen atoms in total. The average Bonchev–Trinajstić information content (AvgIpc) is 3.61. The molecule has 4 aromatic rings. The molecule has 4 saturated carbocycles. The molecule has 0 N–H and O–H groups in total. The van der Waals surface area contributed by atoms with Crippen LogP contribution < -0.4 is 10.5 Å². The minimum atomic E-state index is -0.269. The van der Waals surface area contributed by atoms with E-state index < -0.39 is 0 Å². The summed E-state index contributed by atoms with van der Waals surface area (Å²) >= 11 is 7.03. The smallest absolute Gasteiger partial charge is 0.283 e. The van der Waals surface area contributed by atoms with Crippen LogP contribution in [0.15, 0.2) is 76.6 Å². The number of amides is 1. The fourth-order valence-corrected chi connectivity index (χ4v) is 9.89. The molecule has 2 aromatic heterocycles. The molecular formula is C34H33N5O2S2. The lowest BCUT2D eigenvalue weighted by molar-refractivity contribution is -0.113. The molecule has 4 bridgehead atoms. The largest absolute Gasteiger partial charge is 0.296 e. The van der Waals surface area contributed by atoms with Crippen LogP contribution in [0.3, 0.4) is 0 Å². The molecule has 43 heavy (non-hydrogen) atoms. The molecule has 5 fully saturated rings. The van der Waals surface area contributed by atoms with Crippen molar-refractivity contribution in [2.45, 2.75) is 50.9 Å². The Bertz CT molecular complexity index is 1830. The third-order valence-electron chi connectivity index (χ3n) is 10.1. The van der Waals surface area contributed by atoms with E-state index in [1.807, 2.05) is 73.3 Å². The molecule has 0 spiro atoms. The van der Waals surface area contributed by atoms with Gasteiger partial charge in [-0.1, -0.05) is 60.4 Å². The van der Waals surface area contributed by atoms with Crippen molar-refractivity contribution in [3.8, 4) is 11.4 Å². The Morgan fingerprint density at radius 2 is 1.49 bits per heavy atom. The van der Waals surface area contributed by atoms with Gasteiger partial charge in [0.2, 0.25) is 0 Å². The van der Waals surface area contributed by atoms with Crippen LogP contribution in [0.1, 0.15) is 55.5 Å². The lowest BCUT2D eigenvalue weighted by atomic mass is 9.48. The topological polar surface area (TPSA) is 65.1 Å². The Morgan fingerprint density at radius 3 is 2.09 bits per heavy atom. The van der Waals surface area contributed by atoms with Crippen LogP contribution in [0, 0.1) is 24.7 Å². The number of thioether (sulfide) groups is 1. The zero-order valence-corrected chi connectivity index (χ0v) is 25.9. The van der Waals surface area contributed by atoms with Crippen LogP contribution >= 0.6 is 24.0 Å². The fraction of sp³-hybridized carbons (Fsp3) is 0.353. The molecule has 1 saturated heterocycles. The number of hydrogen-bond donors (Lipinski definition) is 0. The van der Waals surface area contributed by atoms with Crippen molar-refractivity contribution >= 4 is 46.0 Å². The number of hydrogen-bond acceptors (Lipinski definition) is 5. The van der Waals surface area contributed by atoms with Gasteiger partial charge >= 0.3 is 0 Å². The van der Waals surface area contributed by atoms with E-state index in [1.54, 1.807) is 9.36 Å². The Kier molecular flexibility index (Phi) is 6.21. The zero-order chi connectivity index (χ0) is 29.5. The molecule has 1 aliphatic heterocycles. The van der Waals surface area contributed by atoms with Crippen LogP contribution in [-0.2, 0) is 17.3 Å². The van der Waals surface area contributed by atoms with Crippen LogP contribution in [-0.4, -0.2) is 29.4 Å². The van der Waals surface area contributed by atoms with Gasteiger partial charge in [0, 0.05) is 24.2 Å². The number of carbonyl (C=O) groups is 1. The van der Waals surface area contributed by atoms with Crippen molar-refractivity contribution in [3.63, 3.8) is 0 Å². The summed E-state index contributed by atoms with van der Waals surface area (Å²) in [7, 11) is 1.83. The number of carbonyl (C=O) groups excluding carboxylic acids is 1. The molecule has 4 aliphatic carbocycles. The first-order valence-electron chi connectivity index (χ1n) is 15.1. The predicted molar refractivity (Wildman–Crippen MR) is 175 cm³/mol. The summed E-state index contributed by atoms with van der Waals surface area (Å²) < 4.78 is 5.71. The highest BCUT2D eigenvalue weighted by atomic mass is 32.2. The minimum absolute atomic E-state index is 0.0487. The van der Waals surface area contributed by atoms with E-state index in [0.29, 0.717) is 20.6 Å². The Balaban J connectivity index is 1.21. The number of para-hydroxylation sites is 2. The van der Waals surface area contributed by atoms with E-state index in [9.17, 15) is 9.59 Å². The highest BCUT2D eigenvalue weighted by molar-refractivity contribution is 8.27. The molecule has 3 heterocycles. The van der Waals surface area contributed by atoms with Crippen LogP contribution in [0.25, 0.3) is 17.5 Å². The van der Waals surface area contributed by atoms with Gasteiger partial charge < -0.3 is 0 Å². The third kappa shape index (κ3) is 4.23. The molecule has 9 heteroatoms. The Morgan fingerprint density at radius 1 is 0.907 bits per heavy atom. The molecule has 1 amide bonds. The van der Waals surface area contributed by atoms with Gasteiger partial charge in [0.05, 0.1) is 27.7 Å². The van der Waals surface area contributed by atoms with Crippen molar-refractivity contribution in [2.24, 2.45) is 24.8 Å². The fourth-order valence-electron chi connectivity index (χ4n) is 8.63. The monoisotopic (exact) mass is 607 g/mol. The first-order chi connectivity index (χ1) is 20.8. The summed E-state index contributed by atoms with van der Waals surface area (Å²) in [5, 5.41) is 5.26. The second-order valence-electron chi connectivity index (χ2n) is 12.8. The van der Waals surface area contributed by atoms with Gasteiger partial charge in [-0.15, -0.1) is 0 Å². The van der Waals surface area contributed by atoms with Crippen molar-refractivity contribution in [1.29, 1.82) is 0 Å². The number of rotatable bonds is 5. The van der Waals surface area contributed by atoms with E-state index in [2.05, 4.69) is 18.3 Å². The maximum atomic E-state index is 14.1. The van der Waals surface area contributed by atoms with E-state index in [1.165, 1.54) is 55.2 Å². The summed E-state index contributed by atoms with van der Waals surface area (Å²) in [4.78, 5) is 29.8. The number of nitrogens with zero attached hydrogens (tertiary/aromatic N) is 5. The second kappa shape index (κ2) is 9.92. The number of anilines is 1. The van der Waals surface area contributed by atoms with Crippen molar-refractivity contribution in [2.75, 3.05) is 4.90 Å². The predicted octanol–water partition coefficient (Wildman–Crippen LogP) is 6.54. The van der Waals surface area contributed by atoms with E-state index in [-0.39, 0.29) is 16.9 Å². The Hall–Kier alpha value is -3.69. The van der Waals surface area contributed by atoms with E-state index >= 15 is 0 Å². The first kappa shape index (κ1) is 26.9. The van der Waals surface area contributed by atoms with Crippen molar-refractivity contribution < 1.29 is 4.79 Å². The SMILES string of the molecule is Cc1c(N2C(=O)C(=Cc3cn(-c4ccccc4)nc3C34CC5CC(CC(C5)C3)C4)SC2=S)c(=O)n(-c2ccccc2)n1C. The van der Waals surface area contributed by atoms with Gasteiger partial charge in [0.1, 0.15) is 5.69 Å². The van der Waals surface area contributed by atoms with Gasteiger partial charge in [-0.05, 0) is 93.5 Å². The van der Waals surface area contributed by atoms with Crippen LogP contribution in [0.5, 0.6) is 0 Å². The van der Waals surface area contributed by atoms with E-state index in [4.69, 9.17) is 17.3 Å². The quantitative estimate of drug-likeness (QED) is 0.190. The lowest BCUT2D eigenvalue weighted by Crippen LogP contribution is -2.49. The maximum absolute atomic E-state index is 14.1. The maximum Gasteiger partial charge on any atom is 0.296 e. The molecule has 0 radical (unpaired) electrons. The highest BCUT2D eigenvalue weighted by Gasteiger charge is 2.53. The average molecular weight is 608 g/mol. The summed E-state index contributed by atoms with van der Waals surface area (Å²) in [6, 6.07) is 19.6. The third-order valence-corrected chi connectivity index (χ3v) is 11.4. The minimum Gasteiger partial charge on any atom is -0.283 e.